The van der Waals surface area contributed by atoms with Crippen LogP contribution in [0.25, 0.3) is 0 Å². The van der Waals surface area contributed by atoms with E-state index in [1.165, 1.54) is 24.9 Å². The van der Waals surface area contributed by atoms with Gasteiger partial charge in [0.2, 0.25) is 0 Å². The van der Waals surface area contributed by atoms with Crippen LogP contribution in [0.4, 0.5) is 0 Å². The van der Waals surface area contributed by atoms with Gasteiger partial charge in [-0.25, -0.2) is 0 Å². The number of aryl methyl sites for hydroxylation is 1. The Bertz CT molecular complexity index is 334. The molecule has 3 heteroatoms. The largest absolute Gasteiger partial charge is 0.468 e. The molecule has 0 saturated carbocycles. The Hall–Kier alpha value is -0.800. The van der Waals surface area contributed by atoms with E-state index in [9.17, 15) is 0 Å². The molecule has 1 aliphatic heterocycles. The van der Waals surface area contributed by atoms with Gasteiger partial charge in [-0.3, -0.25) is 0 Å². The van der Waals surface area contributed by atoms with Crippen molar-refractivity contribution in [3.05, 3.63) is 23.7 Å². The molecule has 1 N–H and O–H groups in total. The van der Waals surface area contributed by atoms with E-state index in [0.29, 0.717) is 12.1 Å². The van der Waals surface area contributed by atoms with E-state index in [2.05, 4.69) is 31.1 Å². The summed E-state index contributed by atoms with van der Waals surface area (Å²) in [5, 5.41) is 3.60. The van der Waals surface area contributed by atoms with Crippen LogP contribution in [0.5, 0.6) is 0 Å². The van der Waals surface area contributed by atoms with Gasteiger partial charge in [-0.05, 0) is 51.9 Å². The third-order valence-electron chi connectivity index (χ3n) is 3.73. The quantitative estimate of drug-likeness (QED) is 0.849. The van der Waals surface area contributed by atoms with Crippen molar-refractivity contribution in [3.63, 3.8) is 0 Å². The van der Waals surface area contributed by atoms with E-state index in [-0.39, 0.29) is 0 Å². The lowest BCUT2D eigenvalue weighted by atomic mass is 9.99. The maximum Gasteiger partial charge on any atom is 0.120 e. The molecule has 2 rings (SSSR count). The van der Waals surface area contributed by atoms with Crippen molar-refractivity contribution < 1.29 is 4.42 Å². The summed E-state index contributed by atoms with van der Waals surface area (Å²) < 4.78 is 5.43. The van der Waals surface area contributed by atoms with Crippen LogP contribution in [0.2, 0.25) is 0 Å². The van der Waals surface area contributed by atoms with Gasteiger partial charge >= 0.3 is 0 Å². The third-order valence-corrected chi connectivity index (χ3v) is 3.73. The molecule has 0 bridgehead atoms. The molecule has 2 unspecified atom stereocenters. The van der Waals surface area contributed by atoms with Gasteiger partial charge in [-0.1, -0.05) is 0 Å². The first-order valence-corrected chi connectivity index (χ1v) is 6.13. The molecular formula is C13H22N2O. The minimum atomic E-state index is 0.635. The maximum atomic E-state index is 5.43. The van der Waals surface area contributed by atoms with E-state index < -0.39 is 0 Å². The molecule has 0 aliphatic carbocycles. The fraction of sp³-hybridized carbons (Fsp3) is 0.692. The Morgan fingerprint density at radius 2 is 2.38 bits per heavy atom. The van der Waals surface area contributed by atoms with E-state index in [1.54, 1.807) is 6.26 Å². The Labute approximate surface area is 97.8 Å². The zero-order chi connectivity index (χ0) is 11.5. The smallest absolute Gasteiger partial charge is 0.120 e. The zero-order valence-corrected chi connectivity index (χ0v) is 10.5. The first-order chi connectivity index (χ1) is 7.66. The molecule has 0 radical (unpaired) electrons. The number of likely N-dealkylation sites (tertiary alicyclic amines) is 1. The summed E-state index contributed by atoms with van der Waals surface area (Å²) in [5.74, 6) is 1.08. The molecular weight excluding hydrogens is 200 g/mol. The summed E-state index contributed by atoms with van der Waals surface area (Å²) in [7, 11) is 2.21. The number of hydrogen-bond donors (Lipinski definition) is 1. The summed E-state index contributed by atoms with van der Waals surface area (Å²) in [6.07, 6.45) is 4.24. The van der Waals surface area contributed by atoms with E-state index >= 15 is 0 Å². The fourth-order valence-electron chi connectivity index (χ4n) is 2.30. The molecule has 16 heavy (non-hydrogen) atoms. The average molecular weight is 222 g/mol. The second-order valence-electron chi connectivity index (χ2n) is 4.96. The summed E-state index contributed by atoms with van der Waals surface area (Å²) in [5.41, 5.74) is 1.24. The highest BCUT2D eigenvalue weighted by Gasteiger charge is 2.22. The number of nitrogens with zero attached hydrogens (tertiary/aromatic N) is 1. The van der Waals surface area contributed by atoms with Crippen molar-refractivity contribution in [1.29, 1.82) is 0 Å². The van der Waals surface area contributed by atoms with Crippen LogP contribution in [0.3, 0.4) is 0 Å². The molecule has 1 fully saturated rings. The third kappa shape index (κ3) is 2.66. The molecule has 2 heterocycles. The van der Waals surface area contributed by atoms with Crippen LogP contribution < -0.4 is 5.32 Å². The van der Waals surface area contributed by atoms with Crippen LogP contribution in [-0.2, 0) is 6.54 Å². The predicted molar refractivity (Wildman–Crippen MR) is 65.4 cm³/mol. The second kappa shape index (κ2) is 5.02. The van der Waals surface area contributed by atoms with Gasteiger partial charge in [-0.2, -0.15) is 0 Å². The van der Waals surface area contributed by atoms with Gasteiger partial charge in [0.1, 0.15) is 5.76 Å². The minimum Gasteiger partial charge on any atom is -0.468 e. The molecule has 1 aliphatic rings. The monoisotopic (exact) mass is 222 g/mol. The highest BCUT2D eigenvalue weighted by atomic mass is 16.3. The lowest BCUT2D eigenvalue weighted by molar-refractivity contribution is 0.167. The number of hydrogen-bond acceptors (Lipinski definition) is 3. The summed E-state index contributed by atoms with van der Waals surface area (Å²) in [4.78, 5) is 2.43. The Morgan fingerprint density at radius 1 is 1.56 bits per heavy atom. The van der Waals surface area contributed by atoms with Gasteiger partial charge in [0, 0.05) is 12.1 Å². The van der Waals surface area contributed by atoms with Crippen molar-refractivity contribution in [1.82, 2.24) is 10.2 Å². The summed E-state index contributed by atoms with van der Waals surface area (Å²) >= 11 is 0. The van der Waals surface area contributed by atoms with Gasteiger partial charge in [0.25, 0.3) is 0 Å². The van der Waals surface area contributed by atoms with Gasteiger partial charge < -0.3 is 14.6 Å². The van der Waals surface area contributed by atoms with Crippen LogP contribution in [-0.4, -0.2) is 30.6 Å². The molecule has 3 nitrogen and oxygen atoms in total. The van der Waals surface area contributed by atoms with Crippen LogP contribution in [0, 0.1) is 6.92 Å². The van der Waals surface area contributed by atoms with Crippen molar-refractivity contribution in [2.45, 2.75) is 45.3 Å². The predicted octanol–water partition coefficient (Wildman–Crippen LogP) is 2.16. The van der Waals surface area contributed by atoms with Gasteiger partial charge in [0.15, 0.2) is 0 Å². The van der Waals surface area contributed by atoms with Crippen LogP contribution in [0.1, 0.15) is 31.1 Å². The van der Waals surface area contributed by atoms with Gasteiger partial charge in [-0.15, -0.1) is 0 Å². The molecule has 0 aromatic carbocycles. The van der Waals surface area contributed by atoms with Crippen LogP contribution >= 0.6 is 0 Å². The molecule has 0 spiro atoms. The van der Waals surface area contributed by atoms with Crippen molar-refractivity contribution in [2.75, 3.05) is 13.6 Å². The molecule has 0 amide bonds. The van der Waals surface area contributed by atoms with E-state index in [4.69, 9.17) is 4.42 Å². The number of rotatable bonds is 3. The normalized spacial score (nSPS) is 27.2. The summed E-state index contributed by atoms with van der Waals surface area (Å²) in [6.45, 7) is 6.44. The first-order valence-electron chi connectivity index (χ1n) is 6.13. The number of piperidine rings is 1. The highest BCUT2D eigenvalue weighted by molar-refractivity contribution is 5.14. The second-order valence-corrected chi connectivity index (χ2v) is 4.96. The average Bonchev–Trinajstić information content (AvgIpc) is 2.66. The lowest BCUT2D eigenvalue weighted by Gasteiger charge is -2.35. The minimum absolute atomic E-state index is 0.635. The first kappa shape index (κ1) is 11.7. The lowest BCUT2D eigenvalue weighted by Crippen LogP contribution is -2.45. The van der Waals surface area contributed by atoms with Crippen molar-refractivity contribution in [3.8, 4) is 0 Å². The maximum absolute atomic E-state index is 5.43. The molecule has 1 saturated heterocycles. The van der Waals surface area contributed by atoms with E-state index in [0.717, 1.165) is 12.3 Å². The van der Waals surface area contributed by atoms with Gasteiger partial charge in [0.05, 0.1) is 12.8 Å². The van der Waals surface area contributed by atoms with E-state index in [1.807, 2.05) is 6.07 Å². The molecule has 1 aromatic rings. The molecule has 90 valence electrons. The standard InChI is InChI=1S/C13H22N2O/c1-10-5-7-16-13(10)9-14-12-4-6-15(3)11(2)8-12/h5,7,11-12,14H,4,6,8-9H2,1-3H3. The Kier molecular flexibility index (Phi) is 3.66. The fourth-order valence-corrected chi connectivity index (χ4v) is 2.30. The molecule has 2 atom stereocenters. The van der Waals surface area contributed by atoms with Crippen molar-refractivity contribution >= 4 is 0 Å². The van der Waals surface area contributed by atoms with Crippen LogP contribution in [0.15, 0.2) is 16.7 Å². The number of nitrogens with one attached hydrogen (secondary N) is 1. The summed E-state index contributed by atoms with van der Waals surface area (Å²) in [6, 6.07) is 3.34. The zero-order valence-electron chi connectivity index (χ0n) is 10.5. The Balaban J connectivity index is 1.81. The Morgan fingerprint density at radius 3 is 3.00 bits per heavy atom. The highest BCUT2D eigenvalue weighted by Crippen LogP contribution is 2.16. The van der Waals surface area contributed by atoms with Crippen molar-refractivity contribution in [2.24, 2.45) is 0 Å². The SMILES string of the molecule is Cc1ccoc1CNC1CCN(C)C(C)C1. The molecule has 1 aromatic heterocycles. The number of furan rings is 1. The topological polar surface area (TPSA) is 28.4 Å².